The largest absolute Gasteiger partial charge is 0.280 e. The Kier molecular flexibility index (Phi) is 3.47. The molecule has 24 heavy (non-hydrogen) atoms. The van der Waals surface area contributed by atoms with E-state index >= 15 is 0 Å². The van der Waals surface area contributed by atoms with Crippen LogP contribution in [0.1, 0.15) is 12.5 Å². The van der Waals surface area contributed by atoms with Crippen molar-refractivity contribution in [1.29, 1.82) is 0 Å². The Bertz CT molecular complexity index is 987. The van der Waals surface area contributed by atoms with Crippen molar-refractivity contribution in [1.82, 2.24) is 0 Å². The summed E-state index contributed by atoms with van der Waals surface area (Å²) in [6.07, 6.45) is 1.91. The molecule has 0 spiro atoms. The average Bonchev–Trinajstić information content (AvgIpc) is 2.90. The van der Waals surface area contributed by atoms with Gasteiger partial charge in [-0.05, 0) is 47.5 Å². The molecule has 0 unspecified atom stereocenters. The second kappa shape index (κ2) is 5.78. The van der Waals surface area contributed by atoms with E-state index in [-0.39, 0.29) is 5.91 Å². The number of hydrazone groups is 1. The molecule has 0 N–H and O–H groups in total. The van der Waals surface area contributed by atoms with Crippen molar-refractivity contribution in [2.45, 2.75) is 6.92 Å². The van der Waals surface area contributed by atoms with Gasteiger partial charge < -0.3 is 0 Å². The highest BCUT2D eigenvalue weighted by molar-refractivity contribution is 6.32. The summed E-state index contributed by atoms with van der Waals surface area (Å²) < 4.78 is 0. The van der Waals surface area contributed by atoms with Gasteiger partial charge in [-0.3, -0.25) is 4.79 Å². The number of anilines is 1. The number of carbonyl (C=O) groups excluding carboxylic acids is 1. The minimum atomic E-state index is -0.0909. The Morgan fingerprint density at radius 3 is 2.38 bits per heavy atom. The number of fused-ring (bicyclic) bond motifs is 1. The number of hydrogen-bond acceptors (Lipinski definition) is 2. The van der Waals surface area contributed by atoms with Crippen LogP contribution in [0.3, 0.4) is 0 Å². The van der Waals surface area contributed by atoms with Crippen LogP contribution in [-0.2, 0) is 4.79 Å². The van der Waals surface area contributed by atoms with Crippen LogP contribution in [0, 0.1) is 0 Å². The third kappa shape index (κ3) is 2.50. The molecule has 0 bridgehead atoms. The molecular formula is C21H16N2O. The van der Waals surface area contributed by atoms with Crippen LogP contribution in [-0.4, -0.2) is 11.6 Å². The molecule has 1 heterocycles. The molecule has 3 heteroatoms. The summed E-state index contributed by atoms with van der Waals surface area (Å²) in [7, 11) is 0. The molecule has 0 aliphatic carbocycles. The van der Waals surface area contributed by atoms with Crippen LogP contribution >= 0.6 is 0 Å². The molecule has 4 rings (SSSR count). The number of hydrogen-bond donors (Lipinski definition) is 0. The van der Waals surface area contributed by atoms with E-state index in [0.29, 0.717) is 5.57 Å². The summed E-state index contributed by atoms with van der Waals surface area (Å²) in [5.41, 5.74) is 3.15. The quantitative estimate of drug-likeness (QED) is 0.634. The predicted molar refractivity (Wildman–Crippen MR) is 99.0 cm³/mol. The van der Waals surface area contributed by atoms with E-state index in [0.717, 1.165) is 22.3 Å². The SMILES string of the molecule is CC1=NN(c2ccccc2)C(=O)/C1=C/c1ccc2ccccc2c1. The van der Waals surface area contributed by atoms with E-state index in [2.05, 4.69) is 29.4 Å². The van der Waals surface area contributed by atoms with Gasteiger partial charge in [0.1, 0.15) is 0 Å². The Hall–Kier alpha value is -3.20. The molecule has 1 aliphatic heterocycles. The van der Waals surface area contributed by atoms with Gasteiger partial charge in [-0.15, -0.1) is 0 Å². The molecule has 1 amide bonds. The van der Waals surface area contributed by atoms with Gasteiger partial charge in [0.15, 0.2) is 0 Å². The maximum atomic E-state index is 12.7. The molecule has 3 nitrogen and oxygen atoms in total. The lowest BCUT2D eigenvalue weighted by atomic mass is 10.0. The van der Waals surface area contributed by atoms with Gasteiger partial charge >= 0.3 is 0 Å². The molecule has 0 fully saturated rings. The predicted octanol–water partition coefficient (Wildman–Crippen LogP) is 4.65. The second-order valence-electron chi connectivity index (χ2n) is 5.80. The van der Waals surface area contributed by atoms with E-state index in [1.807, 2.05) is 61.5 Å². The number of para-hydroxylation sites is 1. The molecule has 3 aromatic carbocycles. The van der Waals surface area contributed by atoms with Gasteiger partial charge in [0.25, 0.3) is 5.91 Å². The standard InChI is InChI=1S/C21H16N2O/c1-15-20(21(24)23(22-15)19-9-3-2-4-10-19)14-16-11-12-17-7-5-6-8-18(17)13-16/h2-14H,1H3/b20-14+. The number of amides is 1. The molecule has 3 aromatic rings. The summed E-state index contributed by atoms with van der Waals surface area (Å²) in [5.74, 6) is -0.0909. The molecule has 0 radical (unpaired) electrons. The normalized spacial score (nSPS) is 16.0. The highest BCUT2D eigenvalue weighted by Gasteiger charge is 2.28. The zero-order valence-corrected chi connectivity index (χ0v) is 13.3. The average molecular weight is 312 g/mol. The van der Waals surface area contributed by atoms with Crippen molar-refractivity contribution in [2.24, 2.45) is 5.10 Å². The monoisotopic (exact) mass is 312 g/mol. The van der Waals surface area contributed by atoms with Gasteiger partial charge in [-0.1, -0.05) is 54.6 Å². The van der Waals surface area contributed by atoms with Crippen LogP contribution < -0.4 is 5.01 Å². The van der Waals surface area contributed by atoms with Crippen molar-refractivity contribution < 1.29 is 4.79 Å². The van der Waals surface area contributed by atoms with Crippen molar-refractivity contribution in [3.63, 3.8) is 0 Å². The topological polar surface area (TPSA) is 32.7 Å². The highest BCUT2D eigenvalue weighted by atomic mass is 16.2. The van der Waals surface area contributed by atoms with Gasteiger partial charge in [0, 0.05) is 0 Å². The van der Waals surface area contributed by atoms with Crippen LogP contribution in [0.5, 0.6) is 0 Å². The lowest BCUT2D eigenvalue weighted by molar-refractivity contribution is -0.114. The van der Waals surface area contributed by atoms with Crippen molar-refractivity contribution in [3.05, 3.63) is 83.9 Å². The molecular weight excluding hydrogens is 296 g/mol. The summed E-state index contributed by atoms with van der Waals surface area (Å²) in [6, 6.07) is 23.9. The maximum absolute atomic E-state index is 12.7. The summed E-state index contributed by atoms with van der Waals surface area (Å²) in [4.78, 5) is 12.7. The summed E-state index contributed by atoms with van der Waals surface area (Å²) >= 11 is 0. The summed E-state index contributed by atoms with van der Waals surface area (Å²) in [6.45, 7) is 1.87. The first kappa shape index (κ1) is 14.4. The fourth-order valence-corrected chi connectivity index (χ4v) is 2.89. The molecule has 0 atom stereocenters. The zero-order chi connectivity index (χ0) is 16.5. The van der Waals surface area contributed by atoms with Crippen LogP contribution in [0.25, 0.3) is 16.8 Å². The number of nitrogens with zero attached hydrogens (tertiary/aromatic N) is 2. The van der Waals surface area contributed by atoms with E-state index in [4.69, 9.17) is 0 Å². The first-order valence-corrected chi connectivity index (χ1v) is 7.88. The van der Waals surface area contributed by atoms with Crippen LogP contribution in [0.2, 0.25) is 0 Å². The Balaban J connectivity index is 1.72. The first-order valence-electron chi connectivity index (χ1n) is 7.88. The third-order valence-corrected chi connectivity index (χ3v) is 4.15. The fraction of sp³-hybridized carbons (Fsp3) is 0.0476. The first-order chi connectivity index (χ1) is 11.7. The molecule has 1 aliphatic rings. The second-order valence-corrected chi connectivity index (χ2v) is 5.80. The van der Waals surface area contributed by atoms with Gasteiger partial charge in [-0.25, -0.2) is 0 Å². The summed E-state index contributed by atoms with van der Waals surface area (Å²) in [5, 5.41) is 8.22. The molecule has 0 saturated heterocycles. The maximum Gasteiger partial charge on any atom is 0.280 e. The lowest BCUT2D eigenvalue weighted by Crippen LogP contribution is -2.21. The smallest absolute Gasteiger partial charge is 0.267 e. The van der Waals surface area contributed by atoms with Gasteiger partial charge in [0.2, 0.25) is 0 Å². The lowest BCUT2D eigenvalue weighted by Gasteiger charge is -2.11. The van der Waals surface area contributed by atoms with E-state index in [9.17, 15) is 4.79 Å². The van der Waals surface area contributed by atoms with E-state index in [1.165, 1.54) is 10.4 Å². The zero-order valence-electron chi connectivity index (χ0n) is 13.3. The number of benzene rings is 3. The Labute approximate surface area is 140 Å². The third-order valence-electron chi connectivity index (χ3n) is 4.15. The van der Waals surface area contributed by atoms with Crippen LogP contribution in [0.4, 0.5) is 5.69 Å². The highest BCUT2D eigenvalue weighted by Crippen LogP contribution is 2.25. The van der Waals surface area contributed by atoms with Crippen molar-refractivity contribution >= 4 is 34.2 Å². The van der Waals surface area contributed by atoms with Crippen molar-refractivity contribution in [2.75, 3.05) is 5.01 Å². The van der Waals surface area contributed by atoms with E-state index < -0.39 is 0 Å². The fourth-order valence-electron chi connectivity index (χ4n) is 2.89. The van der Waals surface area contributed by atoms with Gasteiger partial charge in [0.05, 0.1) is 17.0 Å². The molecule has 0 aromatic heterocycles. The number of carbonyl (C=O) groups is 1. The molecule has 0 saturated carbocycles. The van der Waals surface area contributed by atoms with Crippen LogP contribution in [0.15, 0.2) is 83.5 Å². The minimum Gasteiger partial charge on any atom is -0.267 e. The Morgan fingerprint density at radius 1 is 0.875 bits per heavy atom. The minimum absolute atomic E-state index is 0.0909. The number of rotatable bonds is 2. The van der Waals surface area contributed by atoms with Gasteiger partial charge in [-0.2, -0.15) is 10.1 Å². The van der Waals surface area contributed by atoms with Crippen molar-refractivity contribution in [3.8, 4) is 0 Å². The Morgan fingerprint density at radius 2 is 1.58 bits per heavy atom. The van der Waals surface area contributed by atoms with E-state index in [1.54, 1.807) is 0 Å². The molecule has 116 valence electrons.